The standard InChI is InChI=1S/C10H18O2/c1-3-10(2,8-11)7-9-5-4-6-12-9/h3,9,11H,1,4-8H2,2H3. The van der Waals surface area contributed by atoms with E-state index < -0.39 is 0 Å². The molecule has 0 aliphatic carbocycles. The number of aliphatic hydroxyl groups is 1. The maximum Gasteiger partial charge on any atom is 0.0585 e. The highest BCUT2D eigenvalue weighted by Crippen LogP contribution is 2.29. The minimum atomic E-state index is -0.158. The van der Waals surface area contributed by atoms with Crippen LogP contribution in [0.1, 0.15) is 26.2 Å². The van der Waals surface area contributed by atoms with Gasteiger partial charge in [0.2, 0.25) is 0 Å². The normalized spacial score (nSPS) is 28.3. The Balaban J connectivity index is 2.40. The summed E-state index contributed by atoms with van der Waals surface area (Å²) in [6.45, 7) is 6.79. The van der Waals surface area contributed by atoms with Gasteiger partial charge in [-0.3, -0.25) is 0 Å². The van der Waals surface area contributed by atoms with Gasteiger partial charge in [0, 0.05) is 12.0 Å². The van der Waals surface area contributed by atoms with Gasteiger partial charge in [0.25, 0.3) is 0 Å². The van der Waals surface area contributed by atoms with Crippen LogP contribution in [0.25, 0.3) is 0 Å². The Morgan fingerprint density at radius 3 is 2.92 bits per heavy atom. The molecule has 1 fully saturated rings. The lowest BCUT2D eigenvalue weighted by molar-refractivity contribution is 0.0590. The summed E-state index contributed by atoms with van der Waals surface area (Å²) in [5.41, 5.74) is -0.158. The number of hydrogen-bond acceptors (Lipinski definition) is 2. The fourth-order valence-corrected chi connectivity index (χ4v) is 1.54. The van der Waals surface area contributed by atoms with Crippen LogP contribution in [0, 0.1) is 5.41 Å². The summed E-state index contributed by atoms with van der Waals surface area (Å²) in [6.07, 6.45) is 5.34. The number of rotatable bonds is 4. The van der Waals surface area contributed by atoms with Crippen LogP contribution in [0.15, 0.2) is 12.7 Å². The van der Waals surface area contributed by atoms with Gasteiger partial charge in [-0.1, -0.05) is 13.0 Å². The van der Waals surface area contributed by atoms with E-state index in [1.807, 2.05) is 13.0 Å². The van der Waals surface area contributed by atoms with Crippen molar-refractivity contribution >= 4 is 0 Å². The zero-order valence-corrected chi connectivity index (χ0v) is 7.75. The van der Waals surface area contributed by atoms with Crippen LogP contribution in [-0.2, 0) is 4.74 Å². The number of hydrogen-bond donors (Lipinski definition) is 1. The first kappa shape index (κ1) is 9.75. The van der Waals surface area contributed by atoms with E-state index in [0.717, 1.165) is 25.9 Å². The molecule has 0 bridgehead atoms. The Bertz CT molecular complexity index is 150. The lowest BCUT2D eigenvalue weighted by Crippen LogP contribution is -2.24. The van der Waals surface area contributed by atoms with Gasteiger partial charge in [0.05, 0.1) is 12.7 Å². The summed E-state index contributed by atoms with van der Waals surface area (Å²) < 4.78 is 5.49. The molecular formula is C10H18O2. The molecule has 1 saturated heterocycles. The van der Waals surface area contributed by atoms with Gasteiger partial charge >= 0.3 is 0 Å². The fourth-order valence-electron chi connectivity index (χ4n) is 1.54. The van der Waals surface area contributed by atoms with Gasteiger partial charge in [0.1, 0.15) is 0 Å². The Labute approximate surface area is 74.2 Å². The Kier molecular flexibility index (Phi) is 3.29. The van der Waals surface area contributed by atoms with Crippen LogP contribution in [-0.4, -0.2) is 24.4 Å². The molecular weight excluding hydrogens is 152 g/mol. The van der Waals surface area contributed by atoms with Crippen LogP contribution in [0.4, 0.5) is 0 Å². The third-order valence-electron chi connectivity index (χ3n) is 2.57. The van der Waals surface area contributed by atoms with Crippen molar-refractivity contribution in [2.45, 2.75) is 32.3 Å². The highest BCUT2D eigenvalue weighted by atomic mass is 16.5. The van der Waals surface area contributed by atoms with Crippen LogP contribution >= 0.6 is 0 Å². The largest absolute Gasteiger partial charge is 0.395 e. The predicted molar refractivity (Wildman–Crippen MR) is 49.0 cm³/mol. The maximum absolute atomic E-state index is 9.12. The van der Waals surface area contributed by atoms with Gasteiger partial charge in [-0.25, -0.2) is 0 Å². The number of ether oxygens (including phenoxy) is 1. The zero-order valence-electron chi connectivity index (χ0n) is 7.75. The molecule has 0 aromatic carbocycles. The molecule has 0 spiro atoms. The second-order valence-electron chi connectivity index (χ2n) is 3.86. The summed E-state index contributed by atoms with van der Waals surface area (Å²) in [5.74, 6) is 0. The van der Waals surface area contributed by atoms with Crippen LogP contribution in [0.3, 0.4) is 0 Å². The topological polar surface area (TPSA) is 29.5 Å². The molecule has 1 heterocycles. The summed E-state index contributed by atoms with van der Waals surface area (Å²) >= 11 is 0. The molecule has 1 aliphatic heterocycles. The lowest BCUT2D eigenvalue weighted by atomic mass is 9.85. The molecule has 1 N–H and O–H groups in total. The van der Waals surface area contributed by atoms with Gasteiger partial charge in [0.15, 0.2) is 0 Å². The van der Waals surface area contributed by atoms with E-state index >= 15 is 0 Å². The van der Waals surface area contributed by atoms with Crippen molar-refractivity contribution in [3.8, 4) is 0 Å². The van der Waals surface area contributed by atoms with Crippen molar-refractivity contribution in [1.82, 2.24) is 0 Å². The van der Waals surface area contributed by atoms with Crippen molar-refractivity contribution in [2.24, 2.45) is 5.41 Å². The van der Waals surface area contributed by atoms with Gasteiger partial charge in [-0.05, 0) is 19.3 Å². The van der Waals surface area contributed by atoms with E-state index in [1.54, 1.807) is 0 Å². The predicted octanol–water partition coefficient (Wildman–Crippen LogP) is 1.74. The first-order chi connectivity index (χ1) is 5.70. The lowest BCUT2D eigenvalue weighted by Gasteiger charge is -2.25. The molecule has 2 atom stereocenters. The molecule has 0 saturated carbocycles. The fraction of sp³-hybridized carbons (Fsp3) is 0.800. The highest BCUT2D eigenvalue weighted by molar-refractivity contribution is 4.93. The molecule has 70 valence electrons. The maximum atomic E-state index is 9.12. The molecule has 0 radical (unpaired) electrons. The first-order valence-corrected chi connectivity index (χ1v) is 4.56. The smallest absolute Gasteiger partial charge is 0.0585 e. The third kappa shape index (κ3) is 2.32. The third-order valence-corrected chi connectivity index (χ3v) is 2.57. The van der Waals surface area contributed by atoms with E-state index in [4.69, 9.17) is 9.84 Å². The number of aliphatic hydroxyl groups excluding tert-OH is 1. The Morgan fingerprint density at radius 1 is 1.75 bits per heavy atom. The molecule has 0 amide bonds. The van der Waals surface area contributed by atoms with Crippen LogP contribution < -0.4 is 0 Å². The van der Waals surface area contributed by atoms with Crippen molar-refractivity contribution in [2.75, 3.05) is 13.2 Å². The van der Waals surface area contributed by atoms with Gasteiger partial charge < -0.3 is 9.84 Å². The summed E-state index contributed by atoms with van der Waals surface area (Å²) in [4.78, 5) is 0. The van der Waals surface area contributed by atoms with Crippen molar-refractivity contribution < 1.29 is 9.84 Å². The monoisotopic (exact) mass is 170 g/mol. The summed E-state index contributed by atoms with van der Waals surface area (Å²) in [6, 6.07) is 0. The molecule has 2 nitrogen and oxygen atoms in total. The van der Waals surface area contributed by atoms with E-state index in [1.165, 1.54) is 0 Å². The highest BCUT2D eigenvalue weighted by Gasteiger charge is 2.26. The van der Waals surface area contributed by atoms with Gasteiger partial charge in [-0.15, -0.1) is 6.58 Å². The Morgan fingerprint density at radius 2 is 2.50 bits per heavy atom. The van der Waals surface area contributed by atoms with Gasteiger partial charge in [-0.2, -0.15) is 0 Å². The van der Waals surface area contributed by atoms with E-state index in [0.29, 0.717) is 6.10 Å². The first-order valence-electron chi connectivity index (χ1n) is 4.56. The van der Waals surface area contributed by atoms with Crippen LogP contribution in [0.5, 0.6) is 0 Å². The second kappa shape index (κ2) is 4.06. The average molecular weight is 170 g/mol. The molecule has 2 heteroatoms. The van der Waals surface area contributed by atoms with Crippen molar-refractivity contribution in [1.29, 1.82) is 0 Å². The zero-order chi connectivity index (χ0) is 9.03. The second-order valence-corrected chi connectivity index (χ2v) is 3.86. The molecule has 0 aromatic rings. The molecule has 12 heavy (non-hydrogen) atoms. The quantitative estimate of drug-likeness (QED) is 0.651. The Hall–Kier alpha value is -0.340. The van der Waals surface area contributed by atoms with Crippen molar-refractivity contribution in [3.05, 3.63) is 12.7 Å². The molecule has 1 aliphatic rings. The summed E-state index contributed by atoms with van der Waals surface area (Å²) in [7, 11) is 0. The minimum absolute atomic E-state index is 0.158. The van der Waals surface area contributed by atoms with Crippen molar-refractivity contribution in [3.63, 3.8) is 0 Å². The minimum Gasteiger partial charge on any atom is -0.395 e. The summed E-state index contributed by atoms with van der Waals surface area (Å²) in [5, 5.41) is 9.12. The van der Waals surface area contributed by atoms with E-state index in [9.17, 15) is 0 Å². The van der Waals surface area contributed by atoms with Crippen LogP contribution in [0.2, 0.25) is 0 Å². The molecule has 1 rings (SSSR count). The molecule has 0 aromatic heterocycles. The average Bonchev–Trinajstić information content (AvgIpc) is 2.57. The SMILES string of the molecule is C=CC(C)(CO)CC1CCCO1. The van der Waals surface area contributed by atoms with E-state index in [2.05, 4.69) is 6.58 Å². The van der Waals surface area contributed by atoms with E-state index in [-0.39, 0.29) is 12.0 Å². The molecule has 2 unspecified atom stereocenters.